The largest absolute Gasteiger partial charge is 0.365 e. The van der Waals surface area contributed by atoms with Gasteiger partial charge in [0, 0.05) is 12.6 Å². The standard InChI is InChI=1S/C16H16N4O2S/c1-9-4-6-11(7-5-9)12-13-14(23-15(17-3)18-13)20(8-10(2)21)16(22)19-12/h4-7H,8H2,1-3H3,(H,17,18). The molecule has 2 aromatic heterocycles. The van der Waals surface area contributed by atoms with Gasteiger partial charge in [0.05, 0.1) is 6.54 Å². The summed E-state index contributed by atoms with van der Waals surface area (Å²) in [6, 6.07) is 7.78. The van der Waals surface area contributed by atoms with Crippen molar-refractivity contribution in [3.8, 4) is 11.3 Å². The Balaban J connectivity index is 2.31. The average molecular weight is 328 g/mol. The summed E-state index contributed by atoms with van der Waals surface area (Å²) < 4.78 is 1.38. The molecule has 0 atom stereocenters. The van der Waals surface area contributed by atoms with Crippen molar-refractivity contribution in [2.75, 3.05) is 12.4 Å². The van der Waals surface area contributed by atoms with Gasteiger partial charge < -0.3 is 5.32 Å². The molecule has 0 radical (unpaired) electrons. The number of nitrogens with zero attached hydrogens (tertiary/aromatic N) is 3. The molecule has 3 rings (SSSR count). The molecule has 1 aromatic carbocycles. The third-order valence-corrected chi connectivity index (χ3v) is 4.53. The number of Topliss-reactive ketones (excluding diaryl/α,β-unsaturated/α-hetero) is 1. The number of fused-ring (bicyclic) bond motifs is 1. The first-order valence-electron chi connectivity index (χ1n) is 7.15. The van der Waals surface area contributed by atoms with Crippen molar-refractivity contribution in [2.45, 2.75) is 20.4 Å². The minimum Gasteiger partial charge on any atom is -0.365 e. The van der Waals surface area contributed by atoms with Crippen molar-refractivity contribution < 1.29 is 4.79 Å². The zero-order chi connectivity index (χ0) is 16.6. The van der Waals surface area contributed by atoms with Gasteiger partial charge in [0.1, 0.15) is 21.8 Å². The zero-order valence-electron chi connectivity index (χ0n) is 13.1. The molecule has 0 saturated heterocycles. The molecular formula is C16H16N4O2S. The van der Waals surface area contributed by atoms with Crippen LogP contribution < -0.4 is 11.0 Å². The van der Waals surface area contributed by atoms with Gasteiger partial charge in [-0.05, 0) is 13.8 Å². The lowest BCUT2D eigenvalue weighted by molar-refractivity contribution is -0.117. The number of carbonyl (C=O) groups is 1. The van der Waals surface area contributed by atoms with E-state index in [0.29, 0.717) is 21.2 Å². The fourth-order valence-electron chi connectivity index (χ4n) is 2.33. The Kier molecular flexibility index (Phi) is 3.96. The molecule has 1 N–H and O–H groups in total. The second-order valence-electron chi connectivity index (χ2n) is 5.32. The van der Waals surface area contributed by atoms with Gasteiger partial charge in [0.15, 0.2) is 5.13 Å². The number of ketones is 1. The Labute approximate surface area is 136 Å². The van der Waals surface area contributed by atoms with Crippen LogP contribution in [0.25, 0.3) is 21.6 Å². The van der Waals surface area contributed by atoms with E-state index in [-0.39, 0.29) is 12.3 Å². The van der Waals surface area contributed by atoms with Crippen molar-refractivity contribution in [3.05, 3.63) is 40.3 Å². The Morgan fingerprint density at radius 1 is 1.26 bits per heavy atom. The number of hydrogen-bond acceptors (Lipinski definition) is 6. The highest BCUT2D eigenvalue weighted by molar-refractivity contribution is 7.21. The third-order valence-electron chi connectivity index (χ3n) is 3.44. The molecule has 0 aliphatic carbocycles. The van der Waals surface area contributed by atoms with E-state index in [1.54, 1.807) is 7.05 Å². The number of carbonyl (C=O) groups excluding carboxylic acids is 1. The van der Waals surface area contributed by atoms with E-state index >= 15 is 0 Å². The van der Waals surface area contributed by atoms with E-state index < -0.39 is 5.69 Å². The lowest BCUT2D eigenvalue weighted by Crippen LogP contribution is -2.26. The summed E-state index contributed by atoms with van der Waals surface area (Å²) in [6.45, 7) is 3.45. The maximum absolute atomic E-state index is 12.4. The molecule has 3 aromatic rings. The Morgan fingerprint density at radius 2 is 1.96 bits per heavy atom. The van der Waals surface area contributed by atoms with Crippen molar-refractivity contribution in [1.29, 1.82) is 0 Å². The number of thiazole rings is 1. The second-order valence-corrected chi connectivity index (χ2v) is 6.30. The molecule has 6 nitrogen and oxygen atoms in total. The van der Waals surface area contributed by atoms with E-state index in [9.17, 15) is 9.59 Å². The number of benzene rings is 1. The summed E-state index contributed by atoms with van der Waals surface area (Å²) in [5, 5.41) is 3.66. The monoisotopic (exact) mass is 328 g/mol. The second kappa shape index (κ2) is 5.92. The molecule has 0 saturated carbocycles. The number of anilines is 1. The number of nitrogens with one attached hydrogen (secondary N) is 1. The fraction of sp³-hybridized carbons (Fsp3) is 0.250. The summed E-state index contributed by atoms with van der Waals surface area (Å²) in [4.78, 5) is 33.2. The van der Waals surface area contributed by atoms with Gasteiger partial charge in [-0.15, -0.1) is 0 Å². The topological polar surface area (TPSA) is 76.9 Å². The number of hydrogen-bond donors (Lipinski definition) is 1. The Morgan fingerprint density at radius 3 is 2.57 bits per heavy atom. The van der Waals surface area contributed by atoms with Gasteiger partial charge in [0.2, 0.25) is 0 Å². The van der Waals surface area contributed by atoms with Gasteiger partial charge in [-0.25, -0.2) is 9.78 Å². The predicted molar refractivity (Wildman–Crippen MR) is 92.1 cm³/mol. The van der Waals surface area contributed by atoms with Gasteiger partial charge in [-0.1, -0.05) is 41.2 Å². The molecule has 7 heteroatoms. The van der Waals surface area contributed by atoms with Gasteiger partial charge in [-0.2, -0.15) is 4.98 Å². The minimum absolute atomic E-state index is 0.00184. The number of aryl methyl sites for hydroxylation is 1. The molecule has 0 unspecified atom stereocenters. The Hall–Kier alpha value is -2.54. The Bertz CT molecular complexity index is 941. The molecular weight excluding hydrogens is 312 g/mol. The highest BCUT2D eigenvalue weighted by atomic mass is 32.1. The zero-order valence-corrected chi connectivity index (χ0v) is 13.9. The van der Waals surface area contributed by atoms with Crippen LogP contribution in [0, 0.1) is 6.92 Å². The smallest absolute Gasteiger partial charge is 0.349 e. The van der Waals surface area contributed by atoms with Crippen LogP contribution in [-0.2, 0) is 11.3 Å². The van der Waals surface area contributed by atoms with E-state index in [1.807, 2.05) is 31.2 Å². The maximum Gasteiger partial charge on any atom is 0.349 e. The number of rotatable bonds is 4. The van der Waals surface area contributed by atoms with Crippen LogP contribution in [0.2, 0.25) is 0 Å². The summed E-state index contributed by atoms with van der Waals surface area (Å²) in [5.41, 5.74) is 2.70. The van der Waals surface area contributed by atoms with Crippen LogP contribution in [0.3, 0.4) is 0 Å². The van der Waals surface area contributed by atoms with E-state index in [0.717, 1.165) is 11.1 Å². The van der Waals surface area contributed by atoms with Crippen molar-refractivity contribution >= 4 is 32.6 Å². The van der Waals surface area contributed by atoms with Gasteiger partial charge in [-0.3, -0.25) is 9.36 Å². The van der Waals surface area contributed by atoms with Crippen molar-refractivity contribution in [3.63, 3.8) is 0 Å². The lowest BCUT2D eigenvalue weighted by atomic mass is 10.1. The summed E-state index contributed by atoms with van der Waals surface area (Å²) >= 11 is 1.34. The highest BCUT2D eigenvalue weighted by Gasteiger charge is 2.17. The maximum atomic E-state index is 12.4. The van der Waals surface area contributed by atoms with Crippen LogP contribution in [-0.4, -0.2) is 27.4 Å². The summed E-state index contributed by atoms with van der Waals surface area (Å²) in [7, 11) is 1.77. The molecule has 0 bridgehead atoms. The van der Waals surface area contributed by atoms with Gasteiger partial charge >= 0.3 is 5.69 Å². The first-order valence-corrected chi connectivity index (χ1v) is 7.97. The van der Waals surface area contributed by atoms with E-state index in [2.05, 4.69) is 15.3 Å². The number of aromatic nitrogens is 3. The normalized spacial score (nSPS) is 10.9. The van der Waals surface area contributed by atoms with E-state index in [4.69, 9.17) is 0 Å². The summed E-state index contributed by atoms with van der Waals surface area (Å²) in [5.74, 6) is -0.0994. The SMILES string of the molecule is CNc1nc2c(-c3ccc(C)cc3)nc(=O)n(CC(C)=O)c2s1. The highest BCUT2D eigenvalue weighted by Crippen LogP contribution is 2.31. The molecule has 0 aliphatic heterocycles. The van der Waals surface area contributed by atoms with Gasteiger partial charge in [0.25, 0.3) is 0 Å². The minimum atomic E-state index is -0.436. The lowest BCUT2D eigenvalue weighted by Gasteiger charge is -2.07. The first kappa shape index (κ1) is 15.4. The molecule has 2 heterocycles. The predicted octanol–water partition coefficient (Wildman–Crippen LogP) is 2.46. The van der Waals surface area contributed by atoms with E-state index in [1.165, 1.54) is 22.8 Å². The molecule has 0 spiro atoms. The van der Waals surface area contributed by atoms with Crippen LogP contribution in [0.15, 0.2) is 29.1 Å². The van der Waals surface area contributed by atoms with Crippen LogP contribution in [0.4, 0.5) is 5.13 Å². The summed E-state index contributed by atoms with van der Waals surface area (Å²) in [6.07, 6.45) is 0. The molecule has 0 amide bonds. The van der Waals surface area contributed by atoms with Crippen LogP contribution in [0.5, 0.6) is 0 Å². The average Bonchev–Trinajstić information content (AvgIpc) is 2.95. The van der Waals surface area contributed by atoms with Crippen LogP contribution in [0.1, 0.15) is 12.5 Å². The van der Waals surface area contributed by atoms with Crippen molar-refractivity contribution in [1.82, 2.24) is 14.5 Å². The first-order chi connectivity index (χ1) is 11.0. The molecule has 23 heavy (non-hydrogen) atoms. The molecule has 118 valence electrons. The van der Waals surface area contributed by atoms with Crippen molar-refractivity contribution in [2.24, 2.45) is 0 Å². The van der Waals surface area contributed by atoms with Crippen LogP contribution >= 0.6 is 11.3 Å². The quantitative estimate of drug-likeness (QED) is 0.796. The fourth-order valence-corrected chi connectivity index (χ4v) is 3.24. The molecule has 0 fully saturated rings. The third kappa shape index (κ3) is 2.87. The molecule has 0 aliphatic rings.